The van der Waals surface area contributed by atoms with Crippen molar-refractivity contribution in [3.63, 3.8) is 0 Å². The summed E-state index contributed by atoms with van der Waals surface area (Å²) in [7, 11) is 0. The van der Waals surface area contributed by atoms with Gasteiger partial charge in [-0.1, -0.05) is 32.0 Å². The molecule has 16 heavy (non-hydrogen) atoms. The molecule has 2 rings (SSSR count). The van der Waals surface area contributed by atoms with Crippen LogP contribution in [0, 0.1) is 0 Å². The summed E-state index contributed by atoms with van der Waals surface area (Å²) in [5.74, 6) is -0.677. The molecule has 2 aromatic rings. The van der Waals surface area contributed by atoms with Gasteiger partial charge in [-0.25, -0.2) is 0 Å². The van der Waals surface area contributed by atoms with Gasteiger partial charge >= 0.3 is 0 Å². The maximum absolute atomic E-state index is 11.3. The fourth-order valence-corrected chi connectivity index (χ4v) is 1.47. The summed E-state index contributed by atoms with van der Waals surface area (Å²) in [6.07, 6.45) is 1.49. The van der Waals surface area contributed by atoms with Gasteiger partial charge in [0, 0.05) is 17.1 Å². The minimum Gasteiger partial charge on any atom is -0.360 e. The maximum atomic E-state index is 11.3. The van der Waals surface area contributed by atoms with Gasteiger partial charge < -0.3 is 4.98 Å². The molecule has 0 saturated carbocycles. The van der Waals surface area contributed by atoms with Crippen molar-refractivity contribution in [3.05, 3.63) is 36.0 Å². The van der Waals surface area contributed by atoms with Crippen LogP contribution >= 0.6 is 11.6 Å². The van der Waals surface area contributed by atoms with Crippen molar-refractivity contribution >= 4 is 33.5 Å². The molecule has 0 saturated heterocycles. The molecule has 1 aromatic heterocycles. The normalized spacial score (nSPS) is 9.44. The van der Waals surface area contributed by atoms with E-state index in [1.165, 1.54) is 6.20 Å². The Bertz CT molecular complexity index is 516. The highest BCUT2D eigenvalue weighted by atomic mass is 35.5. The van der Waals surface area contributed by atoms with E-state index in [0.29, 0.717) is 10.9 Å². The second kappa shape index (κ2) is 5.47. The van der Waals surface area contributed by atoms with Crippen LogP contribution in [0.15, 0.2) is 30.5 Å². The number of para-hydroxylation sites is 1. The van der Waals surface area contributed by atoms with Crippen molar-refractivity contribution in [2.75, 3.05) is 0 Å². The summed E-state index contributed by atoms with van der Waals surface area (Å²) in [5, 5.41) is -0.249. The number of hydrogen-bond donors (Lipinski definition) is 1. The van der Waals surface area contributed by atoms with Gasteiger partial charge in [0.1, 0.15) is 0 Å². The number of hydrogen-bond acceptors (Lipinski definition) is 2. The number of carbonyl (C=O) groups is 2. The Balaban J connectivity index is 0.000000606. The fourth-order valence-electron chi connectivity index (χ4n) is 1.37. The number of fused-ring (bicyclic) bond motifs is 1. The second-order valence-corrected chi connectivity index (χ2v) is 3.19. The van der Waals surface area contributed by atoms with Crippen LogP contribution < -0.4 is 0 Å². The highest BCUT2D eigenvalue weighted by Crippen LogP contribution is 2.18. The number of carbonyl (C=O) groups excluding carboxylic acids is 2. The van der Waals surface area contributed by atoms with Gasteiger partial charge in [-0.3, -0.25) is 9.59 Å². The number of H-pyrrole nitrogens is 1. The van der Waals surface area contributed by atoms with Gasteiger partial charge in [-0.2, -0.15) is 0 Å². The van der Waals surface area contributed by atoms with E-state index in [1.807, 2.05) is 26.0 Å². The molecule has 0 amide bonds. The number of benzene rings is 1. The molecule has 4 heteroatoms. The number of aromatic nitrogens is 1. The highest BCUT2D eigenvalue weighted by Gasteiger charge is 2.17. The first-order valence-electron chi connectivity index (χ1n) is 5.00. The average molecular weight is 238 g/mol. The van der Waals surface area contributed by atoms with Crippen LogP contribution in [0.5, 0.6) is 0 Å². The quantitative estimate of drug-likeness (QED) is 0.496. The molecule has 0 spiro atoms. The van der Waals surface area contributed by atoms with E-state index in [2.05, 4.69) is 4.98 Å². The van der Waals surface area contributed by atoms with E-state index in [0.717, 1.165) is 5.52 Å². The summed E-state index contributed by atoms with van der Waals surface area (Å²) in [6, 6.07) is 7.23. The molecular weight excluding hydrogens is 226 g/mol. The Hall–Kier alpha value is -1.61. The van der Waals surface area contributed by atoms with Crippen LogP contribution in [0.25, 0.3) is 10.9 Å². The molecule has 0 aliphatic rings. The zero-order valence-corrected chi connectivity index (χ0v) is 9.84. The smallest absolute Gasteiger partial charge is 0.293 e. The van der Waals surface area contributed by atoms with Crippen molar-refractivity contribution in [2.24, 2.45) is 0 Å². The van der Waals surface area contributed by atoms with Gasteiger partial charge in [-0.05, 0) is 17.7 Å². The van der Waals surface area contributed by atoms with Gasteiger partial charge in [0.15, 0.2) is 0 Å². The van der Waals surface area contributed by atoms with E-state index >= 15 is 0 Å². The van der Waals surface area contributed by atoms with Crippen molar-refractivity contribution in [1.82, 2.24) is 4.98 Å². The molecule has 0 atom stereocenters. The Morgan fingerprint density at radius 3 is 2.44 bits per heavy atom. The van der Waals surface area contributed by atoms with Crippen molar-refractivity contribution < 1.29 is 9.59 Å². The third-order valence-electron chi connectivity index (χ3n) is 2.01. The number of halogens is 1. The summed E-state index contributed by atoms with van der Waals surface area (Å²) >= 11 is 5.12. The van der Waals surface area contributed by atoms with Gasteiger partial charge in [0.2, 0.25) is 5.78 Å². The van der Waals surface area contributed by atoms with Crippen LogP contribution in [0.4, 0.5) is 0 Å². The SMILES string of the molecule is CC.O=C(Cl)C(=O)c1c[nH]c2ccccc12. The van der Waals surface area contributed by atoms with Crippen LogP contribution in [0.1, 0.15) is 24.2 Å². The molecule has 0 radical (unpaired) electrons. The number of Topliss-reactive ketones (excluding diaryl/α,β-unsaturated/α-hetero) is 1. The lowest BCUT2D eigenvalue weighted by atomic mass is 10.1. The number of aromatic amines is 1. The molecule has 0 bridgehead atoms. The first-order valence-corrected chi connectivity index (χ1v) is 5.38. The lowest BCUT2D eigenvalue weighted by Crippen LogP contribution is -2.06. The third-order valence-corrected chi connectivity index (χ3v) is 2.18. The topological polar surface area (TPSA) is 49.9 Å². The zero-order chi connectivity index (χ0) is 12.1. The zero-order valence-electron chi connectivity index (χ0n) is 9.08. The van der Waals surface area contributed by atoms with E-state index < -0.39 is 11.0 Å². The Labute approximate surface area is 98.4 Å². The van der Waals surface area contributed by atoms with Gasteiger partial charge in [0.25, 0.3) is 5.24 Å². The first-order chi connectivity index (χ1) is 7.70. The van der Waals surface area contributed by atoms with Crippen LogP contribution in [-0.2, 0) is 4.79 Å². The summed E-state index contributed by atoms with van der Waals surface area (Å²) in [4.78, 5) is 24.9. The largest absolute Gasteiger partial charge is 0.360 e. The summed E-state index contributed by atoms with van der Waals surface area (Å²) < 4.78 is 0. The van der Waals surface area contributed by atoms with E-state index in [4.69, 9.17) is 11.6 Å². The number of nitrogens with one attached hydrogen (secondary N) is 1. The molecule has 0 unspecified atom stereocenters. The maximum Gasteiger partial charge on any atom is 0.293 e. The number of rotatable bonds is 2. The molecule has 1 aromatic carbocycles. The molecule has 0 aliphatic heterocycles. The fraction of sp³-hybridized carbons (Fsp3) is 0.167. The van der Waals surface area contributed by atoms with Gasteiger partial charge in [0.05, 0.1) is 5.56 Å². The van der Waals surface area contributed by atoms with Crippen molar-refractivity contribution in [1.29, 1.82) is 0 Å². The lowest BCUT2D eigenvalue weighted by Gasteiger charge is -1.91. The van der Waals surface area contributed by atoms with Crippen molar-refractivity contribution in [3.8, 4) is 0 Å². The molecule has 1 heterocycles. The predicted octanol–water partition coefficient (Wildman–Crippen LogP) is 3.14. The van der Waals surface area contributed by atoms with Gasteiger partial charge in [-0.15, -0.1) is 0 Å². The van der Waals surface area contributed by atoms with Crippen LogP contribution in [0.2, 0.25) is 0 Å². The Morgan fingerprint density at radius 1 is 1.19 bits per heavy atom. The van der Waals surface area contributed by atoms with Crippen LogP contribution in [0.3, 0.4) is 0 Å². The summed E-state index contributed by atoms with van der Waals surface area (Å²) in [6.45, 7) is 4.00. The molecule has 0 aliphatic carbocycles. The van der Waals surface area contributed by atoms with E-state index in [9.17, 15) is 9.59 Å². The summed E-state index contributed by atoms with van der Waals surface area (Å²) in [5.41, 5.74) is 1.13. The van der Waals surface area contributed by atoms with Crippen molar-refractivity contribution in [2.45, 2.75) is 13.8 Å². The van der Waals surface area contributed by atoms with Crippen LogP contribution in [-0.4, -0.2) is 16.0 Å². The molecule has 0 fully saturated rings. The predicted molar refractivity (Wildman–Crippen MR) is 64.8 cm³/mol. The molecule has 1 N–H and O–H groups in total. The minimum absolute atomic E-state index is 0.320. The molecular formula is C12H12ClNO2. The van der Waals surface area contributed by atoms with E-state index in [1.54, 1.807) is 12.1 Å². The minimum atomic E-state index is -0.963. The highest BCUT2D eigenvalue weighted by molar-refractivity contribution is 6.83. The first kappa shape index (κ1) is 12.5. The Kier molecular flexibility index (Phi) is 4.26. The number of ketones is 1. The molecule has 84 valence electrons. The Morgan fingerprint density at radius 2 is 1.81 bits per heavy atom. The third kappa shape index (κ3) is 2.31. The standard InChI is InChI=1S/C10H6ClNO2.C2H6/c11-10(14)9(13)7-5-12-8-4-2-1-3-6(7)8;1-2/h1-5,12H;1-2H3. The van der Waals surface area contributed by atoms with E-state index in [-0.39, 0.29) is 0 Å². The average Bonchev–Trinajstić information content (AvgIpc) is 2.74. The molecule has 3 nitrogen and oxygen atoms in total. The monoisotopic (exact) mass is 237 g/mol. The second-order valence-electron chi connectivity index (χ2n) is 2.85. The lowest BCUT2D eigenvalue weighted by molar-refractivity contribution is -0.108.